The Labute approximate surface area is 186 Å². The van der Waals surface area contributed by atoms with Crippen LogP contribution in [0.4, 0.5) is 10.7 Å². The van der Waals surface area contributed by atoms with Crippen molar-refractivity contribution < 1.29 is 19.4 Å². The molecule has 1 aliphatic carbocycles. The van der Waals surface area contributed by atoms with Gasteiger partial charge in [0.2, 0.25) is 5.95 Å². The van der Waals surface area contributed by atoms with Gasteiger partial charge < -0.3 is 14.4 Å². The number of carbonyl (C=O) groups is 2. The number of amides is 1. The minimum absolute atomic E-state index is 0.00640. The molecule has 9 nitrogen and oxygen atoms in total. The Hall–Kier alpha value is -3.98. The number of benzene rings is 2. The summed E-state index contributed by atoms with van der Waals surface area (Å²) in [5, 5.41) is 11.5. The Bertz CT molecular complexity index is 1320. The van der Waals surface area contributed by atoms with Gasteiger partial charge in [0.05, 0.1) is 6.33 Å². The van der Waals surface area contributed by atoms with E-state index < -0.39 is 12.1 Å². The van der Waals surface area contributed by atoms with E-state index >= 15 is 0 Å². The molecular formula is C22H16ClN5O4. The monoisotopic (exact) mass is 449 g/mol. The molecule has 0 unspecified atom stereocenters. The third-order valence-corrected chi connectivity index (χ3v) is 5.55. The molecule has 0 saturated carbocycles. The van der Waals surface area contributed by atoms with Crippen LogP contribution in [0.5, 0.6) is 0 Å². The van der Waals surface area contributed by atoms with Gasteiger partial charge in [-0.2, -0.15) is 9.97 Å². The highest BCUT2D eigenvalue weighted by molar-refractivity contribution is 6.33. The predicted octanol–water partition coefficient (Wildman–Crippen LogP) is 3.93. The lowest BCUT2D eigenvalue weighted by atomic mass is 9.98. The van der Waals surface area contributed by atoms with Crippen LogP contribution in [0.15, 0.2) is 54.9 Å². The van der Waals surface area contributed by atoms with E-state index in [0.29, 0.717) is 0 Å². The largest absolute Gasteiger partial charge is 0.480 e. The number of aromatic nitrogens is 4. The van der Waals surface area contributed by atoms with E-state index in [0.717, 1.165) is 22.3 Å². The Morgan fingerprint density at radius 3 is 2.38 bits per heavy atom. The van der Waals surface area contributed by atoms with Gasteiger partial charge >= 0.3 is 12.1 Å². The van der Waals surface area contributed by atoms with Crippen molar-refractivity contribution >= 4 is 40.8 Å². The highest BCUT2D eigenvalue weighted by atomic mass is 35.5. The van der Waals surface area contributed by atoms with Gasteiger partial charge in [-0.15, -0.1) is 0 Å². The number of ether oxygens (including phenoxy) is 1. The summed E-state index contributed by atoms with van der Waals surface area (Å²) in [7, 11) is 0. The number of hydrogen-bond donors (Lipinski definition) is 2. The molecule has 2 aromatic heterocycles. The van der Waals surface area contributed by atoms with Crippen molar-refractivity contribution in [3.63, 3.8) is 0 Å². The molecule has 1 amide bonds. The molecule has 0 atom stereocenters. The Kier molecular flexibility index (Phi) is 4.95. The first-order valence-electron chi connectivity index (χ1n) is 9.73. The van der Waals surface area contributed by atoms with Gasteiger partial charge in [0.25, 0.3) is 0 Å². The van der Waals surface area contributed by atoms with E-state index in [1.54, 1.807) is 0 Å². The number of nitrogens with zero attached hydrogens (tertiary/aromatic N) is 4. The zero-order valence-electron chi connectivity index (χ0n) is 16.5. The molecule has 0 bridgehead atoms. The summed E-state index contributed by atoms with van der Waals surface area (Å²) in [6.07, 6.45) is 0.558. The minimum atomic E-state index is -1.06. The number of carbonyl (C=O) groups excluding carboxylic acids is 1. The lowest BCUT2D eigenvalue weighted by Crippen LogP contribution is -2.19. The second-order valence-electron chi connectivity index (χ2n) is 7.23. The van der Waals surface area contributed by atoms with Gasteiger partial charge in [-0.25, -0.2) is 9.78 Å². The normalized spacial score (nSPS) is 12.4. The second kappa shape index (κ2) is 7.93. The van der Waals surface area contributed by atoms with Crippen LogP contribution in [0.3, 0.4) is 0 Å². The van der Waals surface area contributed by atoms with Crippen LogP contribution in [-0.2, 0) is 16.1 Å². The van der Waals surface area contributed by atoms with Crippen molar-refractivity contribution in [2.75, 3.05) is 11.9 Å². The number of rotatable bonds is 5. The lowest BCUT2D eigenvalue weighted by molar-refractivity contribution is -0.137. The van der Waals surface area contributed by atoms with Crippen LogP contribution in [0.1, 0.15) is 17.0 Å². The van der Waals surface area contributed by atoms with Crippen LogP contribution in [-0.4, -0.2) is 43.3 Å². The van der Waals surface area contributed by atoms with Crippen LogP contribution in [0.2, 0.25) is 5.15 Å². The maximum absolute atomic E-state index is 12.5. The van der Waals surface area contributed by atoms with E-state index in [-0.39, 0.29) is 41.3 Å². The number of anilines is 1. The summed E-state index contributed by atoms with van der Waals surface area (Å²) >= 11 is 6.12. The highest BCUT2D eigenvalue weighted by Crippen LogP contribution is 2.44. The summed E-state index contributed by atoms with van der Waals surface area (Å²) in [6, 6.07) is 16.1. The first-order chi connectivity index (χ1) is 15.5. The van der Waals surface area contributed by atoms with Crippen LogP contribution in [0, 0.1) is 0 Å². The number of aliphatic carboxylic acids is 1. The fraction of sp³-hybridized carbons (Fsp3) is 0.136. The molecule has 10 heteroatoms. The van der Waals surface area contributed by atoms with Crippen LogP contribution >= 0.6 is 11.6 Å². The van der Waals surface area contributed by atoms with Gasteiger partial charge in [0.15, 0.2) is 10.8 Å². The smallest absolute Gasteiger partial charge is 0.414 e. The highest BCUT2D eigenvalue weighted by Gasteiger charge is 2.29. The topological polar surface area (TPSA) is 119 Å². The molecule has 2 heterocycles. The second-order valence-corrected chi connectivity index (χ2v) is 7.59. The summed E-state index contributed by atoms with van der Waals surface area (Å²) < 4.78 is 6.78. The predicted molar refractivity (Wildman–Crippen MR) is 117 cm³/mol. The van der Waals surface area contributed by atoms with E-state index in [1.807, 2.05) is 36.4 Å². The summed E-state index contributed by atoms with van der Waals surface area (Å²) in [5.74, 6) is -1.26. The zero-order valence-corrected chi connectivity index (χ0v) is 17.3. The van der Waals surface area contributed by atoms with Crippen molar-refractivity contribution in [1.29, 1.82) is 0 Å². The first kappa shape index (κ1) is 20.0. The standard InChI is InChI=1S/C22H16ClN5O4/c23-19-18-20(28(11-24-18)9-17(29)30)26-21(25-19)27-22(31)32-10-16-14-7-3-1-5-12(14)13-6-2-4-8-15(13)16/h1-8,11,16H,9-10H2,(H,29,30)(H,25,26,27,31). The van der Waals surface area contributed by atoms with E-state index in [1.165, 1.54) is 10.9 Å². The molecule has 0 radical (unpaired) electrons. The molecule has 5 rings (SSSR count). The third-order valence-electron chi connectivity index (χ3n) is 5.28. The molecule has 32 heavy (non-hydrogen) atoms. The fourth-order valence-corrected chi connectivity index (χ4v) is 4.17. The number of carboxylic acid groups (broad SMARTS) is 1. The Morgan fingerprint density at radius 1 is 1.06 bits per heavy atom. The summed E-state index contributed by atoms with van der Waals surface area (Å²) in [6.45, 7) is -0.221. The molecule has 4 aromatic rings. The summed E-state index contributed by atoms with van der Waals surface area (Å²) in [5.41, 5.74) is 4.89. The Morgan fingerprint density at radius 2 is 1.72 bits per heavy atom. The van der Waals surface area contributed by atoms with Gasteiger partial charge in [0, 0.05) is 5.92 Å². The average Bonchev–Trinajstić information content (AvgIpc) is 3.31. The number of fused-ring (bicyclic) bond motifs is 4. The third kappa shape index (κ3) is 3.52. The molecule has 0 aliphatic heterocycles. The molecular weight excluding hydrogens is 434 g/mol. The molecule has 2 aromatic carbocycles. The zero-order chi connectivity index (χ0) is 22.2. The first-order valence-corrected chi connectivity index (χ1v) is 10.1. The molecule has 160 valence electrons. The fourth-order valence-electron chi connectivity index (χ4n) is 3.95. The number of hydrogen-bond acceptors (Lipinski definition) is 6. The van der Waals surface area contributed by atoms with E-state index in [4.69, 9.17) is 21.4 Å². The van der Waals surface area contributed by atoms with Crippen molar-refractivity contribution in [1.82, 2.24) is 19.5 Å². The maximum Gasteiger partial charge on any atom is 0.414 e. The SMILES string of the molecule is O=C(O)Cn1cnc2c(Cl)nc(NC(=O)OCC3c4ccccc4-c4ccccc43)nc21. The lowest BCUT2D eigenvalue weighted by Gasteiger charge is -2.14. The average molecular weight is 450 g/mol. The van der Waals surface area contributed by atoms with Crippen molar-refractivity contribution in [2.24, 2.45) is 0 Å². The number of imidazole rings is 1. The quantitative estimate of drug-likeness (QED) is 0.443. The molecule has 0 fully saturated rings. The minimum Gasteiger partial charge on any atom is -0.480 e. The summed E-state index contributed by atoms with van der Waals surface area (Å²) in [4.78, 5) is 35.7. The van der Waals surface area contributed by atoms with Gasteiger partial charge in [0.1, 0.15) is 18.7 Å². The van der Waals surface area contributed by atoms with Gasteiger partial charge in [-0.05, 0) is 22.3 Å². The van der Waals surface area contributed by atoms with Gasteiger partial charge in [-0.1, -0.05) is 60.1 Å². The maximum atomic E-state index is 12.5. The van der Waals surface area contributed by atoms with E-state index in [2.05, 4.69) is 32.4 Å². The van der Waals surface area contributed by atoms with Crippen molar-refractivity contribution in [2.45, 2.75) is 12.5 Å². The molecule has 2 N–H and O–H groups in total. The van der Waals surface area contributed by atoms with Crippen LogP contribution in [0.25, 0.3) is 22.3 Å². The number of halogens is 1. The number of carboxylic acids is 1. The van der Waals surface area contributed by atoms with Crippen molar-refractivity contribution in [3.05, 3.63) is 71.1 Å². The molecule has 0 spiro atoms. The van der Waals surface area contributed by atoms with Crippen molar-refractivity contribution in [3.8, 4) is 11.1 Å². The van der Waals surface area contributed by atoms with Crippen LogP contribution < -0.4 is 5.32 Å². The van der Waals surface area contributed by atoms with E-state index in [9.17, 15) is 9.59 Å². The number of nitrogens with one attached hydrogen (secondary N) is 1. The van der Waals surface area contributed by atoms with Gasteiger partial charge in [-0.3, -0.25) is 10.1 Å². The molecule has 1 aliphatic rings. The molecule has 0 saturated heterocycles. The Balaban J connectivity index is 1.34.